The zero-order valence-corrected chi connectivity index (χ0v) is 18.2. The lowest BCUT2D eigenvalue weighted by Gasteiger charge is -2.35. The fourth-order valence-corrected chi connectivity index (χ4v) is 5.56. The summed E-state index contributed by atoms with van der Waals surface area (Å²) in [5, 5.41) is 9.24. The number of nitrogens with zero attached hydrogens (tertiary/aromatic N) is 2. The minimum Gasteiger partial charge on any atom is -0.489 e. The van der Waals surface area contributed by atoms with Crippen molar-refractivity contribution in [1.82, 2.24) is 4.90 Å². The fourth-order valence-electron chi connectivity index (χ4n) is 4.34. The third-order valence-electron chi connectivity index (χ3n) is 5.88. The van der Waals surface area contributed by atoms with Gasteiger partial charge in [-0.1, -0.05) is 54.2 Å². The van der Waals surface area contributed by atoms with Gasteiger partial charge in [0.1, 0.15) is 35.4 Å². The first-order chi connectivity index (χ1) is 15.6. The number of aliphatic carboxylic acids is 1. The number of thioether (sulfide) groups is 1. The van der Waals surface area contributed by atoms with Crippen LogP contribution in [-0.4, -0.2) is 39.3 Å². The molecule has 0 fully saturated rings. The summed E-state index contributed by atoms with van der Waals surface area (Å²) in [6.45, 7) is 0.364. The summed E-state index contributed by atoms with van der Waals surface area (Å²) >= 11 is 1.30. The zero-order valence-electron chi connectivity index (χ0n) is 17.4. The lowest BCUT2D eigenvalue weighted by molar-refractivity contribution is -0.131. The molecule has 164 valence electrons. The number of amidine groups is 1. The number of hydrogen-bond acceptors (Lipinski definition) is 5. The maximum Gasteiger partial charge on any atom is 0.341 e. The minimum absolute atomic E-state index is 0.0694. The Kier molecular flexibility index (Phi) is 5.74. The van der Waals surface area contributed by atoms with E-state index in [9.17, 15) is 9.90 Å². The summed E-state index contributed by atoms with van der Waals surface area (Å²) in [5.41, 5.74) is 1.43. The van der Waals surface area contributed by atoms with E-state index in [1.807, 2.05) is 30.3 Å². The van der Waals surface area contributed by atoms with Crippen molar-refractivity contribution in [3.8, 4) is 5.75 Å². The van der Waals surface area contributed by atoms with Crippen LogP contribution in [0, 0.1) is 5.82 Å². The molecule has 3 atom stereocenters. The van der Waals surface area contributed by atoms with Crippen molar-refractivity contribution in [3.63, 3.8) is 0 Å². The molecule has 0 aromatic heterocycles. The van der Waals surface area contributed by atoms with E-state index in [1.165, 1.54) is 17.8 Å². The number of hydrogen-bond donors (Lipinski definition) is 1. The van der Waals surface area contributed by atoms with Crippen LogP contribution in [0.4, 0.5) is 4.39 Å². The number of carboxylic acids is 1. The normalized spacial score (nSPS) is 24.2. The third-order valence-corrected chi connectivity index (χ3v) is 7.19. The van der Waals surface area contributed by atoms with Gasteiger partial charge in [-0.25, -0.2) is 9.18 Å². The monoisotopic (exact) mass is 450 g/mol. The smallest absolute Gasteiger partial charge is 0.341 e. The van der Waals surface area contributed by atoms with E-state index in [2.05, 4.69) is 17.1 Å². The Morgan fingerprint density at radius 1 is 1.25 bits per heavy atom. The van der Waals surface area contributed by atoms with Gasteiger partial charge in [0.05, 0.1) is 10.5 Å². The van der Waals surface area contributed by atoms with Gasteiger partial charge in [0.25, 0.3) is 0 Å². The van der Waals surface area contributed by atoms with Gasteiger partial charge in [0, 0.05) is 12.1 Å². The van der Waals surface area contributed by atoms with Crippen molar-refractivity contribution in [2.24, 2.45) is 4.99 Å². The van der Waals surface area contributed by atoms with Crippen LogP contribution in [0.5, 0.6) is 5.75 Å². The Morgan fingerprint density at radius 2 is 2.09 bits per heavy atom. The molecule has 32 heavy (non-hydrogen) atoms. The fraction of sp³-hybridized carbons (Fsp3) is 0.280. The van der Waals surface area contributed by atoms with E-state index in [0.717, 1.165) is 24.8 Å². The number of carboxylic acid groups (broad SMARTS) is 1. The molecular weight excluding hydrogens is 427 g/mol. The van der Waals surface area contributed by atoms with E-state index in [-0.39, 0.29) is 17.5 Å². The first-order valence-electron chi connectivity index (χ1n) is 10.7. The largest absolute Gasteiger partial charge is 0.489 e. The molecule has 7 heteroatoms. The zero-order chi connectivity index (χ0) is 22.1. The van der Waals surface area contributed by atoms with E-state index in [0.29, 0.717) is 28.7 Å². The van der Waals surface area contributed by atoms with Gasteiger partial charge in [-0.05, 0) is 43.0 Å². The SMILES string of the molecule is O=C(O)C1=CC2N=C(c3ccc(OCc4ccccc4)cc3F)N(C3C=CCCC3)C2S1. The van der Waals surface area contributed by atoms with Crippen molar-refractivity contribution in [3.05, 3.63) is 88.6 Å². The van der Waals surface area contributed by atoms with Crippen molar-refractivity contribution >= 4 is 23.6 Å². The molecule has 1 N–H and O–H groups in total. The van der Waals surface area contributed by atoms with Crippen molar-refractivity contribution in [2.75, 3.05) is 0 Å². The summed E-state index contributed by atoms with van der Waals surface area (Å²) in [7, 11) is 0. The number of allylic oxidation sites excluding steroid dienone is 1. The van der Waals surface area contributed by atoms with Crippen LogP contribution in [0.25, 0.3) is 0 Å². The lowest BCUT2D eigenvalue weighted by Crippen LogP contribution is -2.44. The second-order valence-corrected chi connectivity index (χ2v) is 9.20. The molecule has 1 aliphatic carbocycles. The van der Waals surface area contributed by atoms with Gasteiger partial charge in [-0.2, -0.15) is 0 Å². The van der Waals surface area contributed by atoms with Gasteiger partial charge in [-0.3, -0.25) is 4.99 Å². The van der Waals surface area contributed by atoms with Crippen LogP contribution in [-0.2, 0) is 11.4 Å². The highest BCUT2D eigenvalue weighted by Gasteiger charge is 2.45. The van der Waals surface area contributed by atoms with Gasteiger partial charge >= 0.3 is 5.97 Å². The van der Waals surface area contributed by atoms with E-state index < -0.39 is 11.8 Å². The summed E-state index contributed by atoms with van der Waals surface area (Å²) in [6.07, 6.45) is 8.96. The number of halogens is 1. The molecule has 0 bridgehead atoms. The molecule has 0 radical (unpaired) electrons. The number of rotatable bonds is 6. The minimum atomic E-state index is -0.939. The maximum absolute atomic E-state index is 15.2. The van der Waals surface area contributed by atoms with Crippen LogP contribution in [0.1, 0.15) is 30.4 Å². The number of benzene rings is 2. The van der Waals surface area contributed by atoms with Gasteiger partial charge in [0.15, 0.2) is 0 Å². The van der Waals surface area contributed by atoms with Gasteiger partial charge in [0.2, 0.25) is 0 Å². The van der Waals surface area contributed by atoms with Crippen LogP contribution in [0.2, 0.25) is 0 Å². The number of carbonyl (C=O) groups is 1. The summed E-state index contributed by atoms with van der Waals surface area (Å²) in [6, 6.07) is 14.4. The third kappa shape index (κ3) is 4.05. The van der Waals surface area contributed by atoms with Crippen molar-refractivity contribution in [2.45, 2.75) is 43.3 Å². The molecule has 0 saturated carbocycles. The Balaban J connectivity index is 1.42. The summed E-state index contributed by atoms with van der Waals surface area (Å²) in [5.74, 6) is -0.296. The maximum atomic E-state index is 15.2. The molecular formula is C25H23FN2O3S. The summed E-state index contributed by atoms with van der Waals surface area (Å²) in [4.78, 5) is 18.6. The average molecular weight is 451 g/mol. The molecule has 3 aliphatic rings. The first-order valence-corrected chi connectivity index (χ1v) is 11.6. The Hall–Kier alpha value is -3.06. The number of fused-ring (bicyclic) bond motifs is 1. The van der Waals surface area contributed by atoms with Crippen LogP contribution >= 0.6 is 11.8 Å². The Bertz CT molecular complexity index is 1120. The molecule has 5 rings (SSSR count). The first kappa shape index (κ1) is 20.8. The Labute approximate surface area is 190 Å². The van der Waals surface area contributed by atoms with Gasteiger partial charge < -0.3 is 14.7 Å². The predicted molar refractivity (Wildman–Crippen MR) is 123 cm³/mol. The molecule has 5 nitrogen and oxygen atoms in total. The highest BCUT2D eigenvalue weighted by atomic mass is 32.2. The standard InChI is InChI=1S/C25H23FN2O3S/c26-20-13-18(31-15-16-7-3-1-4-8-16)11-12-19(20)23-27-21-14-22(25(29)30)32-24(21)28(23)17-9-5-2-6-10-17/h1,3-5,7-9,11-14,17,21,24H,2,6,10,15H2,(H,29,30). The average Bonchev–Trinajstić information content (AvgIpc) is 3.37. The van der Waals surface area contributed by atoms with E-state index in [4.69, 9.17) is 9.73 Å². The molecule has 3 unspecified atom stereocenters. The molecule has 2 aromatic carbocycles. The number of aliphatic imine (C=N–C) groups is 1. The highest BCUT2D eigenvalue weighted by Crippen LogP contribution is 2.43. The Morgan fingerprint density at radius 3 is 2.81 bits per heavy atom. The van der Waals surface area contributed by atoms with Crippen LogP contribution < -0.4 is 4.74 Å². The second-order valence-electron chi connectivity index (χ2n) is 8.04. The lowest BCUT2D eigenvalue weighted by atomic mass is 10.00. The van der Waals surface area contributed by atoms with Crippen molar-refractivity contribution < 1.29 is 19.0 Å². The van der Waals surface area contributed by atoms with E-state index in [1.54, 1.807) is 18.2 Å². The predicted octanol–water partition coefficient (Wildman–Crippen LogP) is 4.99. The molecule has 0 amide bonds. The molecule has 2 aliphatic heterocycles. The summed E-state index contributed by atoms with van der Waals surface area (Å²) < 4.78 is 21.0. The van der Waals surface area contributed by atoms with E-state index >= 15 is 4.39 Å². The van der Waals surface area contributed by atoms with Crippen molar-refractivity contribution in [1.29, 1.82) is 0 Å². The highest BCUT2D eigenvalue weighted by molar-refractivity contribution is 8.04. The molecule has 2 aromatic rings. The topological polar surface area (TPSA) is 62.1 Å². The van der Waals surface area contributed by atoms with Crippen LogP contribution in [0.15, 0.2) is 76.7 Å². The number of ether oxygens (including phenoxy) is 1. The molecule has 0 saturated heterocycles. The molecule has 2 heterocycles. The molecule has 0 spiro atoms. The van der Waals surface area contributed by atoms with Crippen LogP contribution in [0.3, 0.4) is 0 Å². The quantitative estimate of drug-likeness (QED) is 0.629. The van der Waals surface area contributed by atoms with Gasteiger partial charge in [-0.15, -0.1) is 0 Å². The second kappa shape index (κ2) is 8.82.